The summed E-state index contributed by atoms with van der Waals surface area (Å²) < 4.78 is 0. The Labute approximate surface area is 131 Å². The van der Waals surface area contributed by atoms with Crippen LogP contribution in [-0.2, 0) is 0 Å². The molecule has 0 saturated carbocycles. The first-order chi connectivity index (χ1) is 10.1. The van der Waals surface area contributed by atoms with E-state index in [0.717, 1.165) is 13.0 Å². The number of hydrogen-bond acceptors (Lipinski definition) is 5. The van der Waals surface area contributed by atoms with Crippen LogP contribution in [0.3, 0.4) is 0 Å². The fraction of sp³-hybridized carbons (Fsp3) is 0.286. The average Bonchev–Trinajstić information content (AvgIpc) is 2.39. The summed E-state index contributed by atoms with van der Waals surface area (Å²) in [6, 6.07) is 6.61. The molecule has 2 heterocycles. The molecular formula is C14H13Cl2N3O2. The maximum atomic E-state index is 9.96. The van der Waals surface area contributed by atoms with Gasteiger partial charge in [0.2, 0.25) is 0 Å². The molecule has 0 aliphatic carbocycles. The topological polar surface area (TPSA) is 69.5 Å². The second kappa shape index (κ2) is 5.67. The number of aromatic nitrogens is 2. The number of hydrogen-bond donors (Lipinski definition) is 2. The number of rotatable bonds is 3. The highest BCUT2D eigenvalue weighted by Crippen LogP contribution is 2.37. The molecule has 21 heavy (non-hydrogen) atoms. The molecule has 0 amide bonds. The monoisotopic (exact) mass is 325 g/mol. The molecule has 3 rings (SSSR count). The average molecular weight is 326 g/mol. The predicted octanol–water partition coefficient (Wildman–Crippen LogP) is 2.73. The Hall–Kier alpha value is -1.56. The summed E-state index contributed by atoms with van der Waals surface area (Å²) in [7, 11) is 0. The van der Waals surface area contributed by atoms with Crippen molar-refractivity contribution >= 4 is 29.0 Å². The van der Waals surface area contributed by atoms with Crippen LogP contribution >= 0.6 is 23.2 Å². The van der Waals surface area contributed by atoms with Gasteiger partial charge in [0.15, 0.2) is 5.82 Å². The molecule has 0 bridgehead atoms. The summed E-state index contributed by atoms with van der Waals surface area (Å²) >= 11 is 11.9. The molecule has 0 radical (unpaired) electrons. The Kier molecular flexibility index (Phi) is 3.89. The number of halogens is 2. The minimum absolute atomic E-state index is 0.0354. The van der Waals surface area contributed by atoms with Crippen LogP contribution in [-0.4, -0.2) is 39.6 Å². The van der Waals surface area contributed by atoms with Gasteiger partial charge in [-0.15, -0.1) is 10.2 Å². The van der Waals surface area contributed by atoms with Crippen molar-refractivity contribution in [3.63, 3.8) is 0 Å². The van der Waals surface area contributed by atoms with Gasteiger partial charge in [-0.2, -0.15) is 0 Å². The van der Waals surface area contributed by atoms with Crippen molar-refractivity contribution < 1.29 is 10.2 Å². The maximum Gasteiger partial charge on any atom is 0.151 e. The van der Waals surface area contributed by atoms with Crippen molar-refractivity contribution in [1.82, 2.24) is 10.2 Å². The smallest absolute Gasteiger partial charge is 0.151 e. The zero-order chi connectivity index (χ0) is 15.0. The third-order valence-corrected chi connectivity index (χ3v) is 4.11. The van der Waals surface area contributed by atoms with Gasteiger partial charge in [0.1, 0.15) is 5.75 Å². The molecule has 1 atom stereocenters. The molecule has 110 valence electrons. The third-order valence-electron chi connectivity index (χ3n) is 3.59. The van der Waals surface area contributed by atoms with Crippen molar-refractivity contribution in [2.45, 2.75) is 12.5 Å². The molecule has 2 N–H and O–H groups in total. The summed E-state index contributed by atoms with van der Waals surface area (Å²) in [6.07, 6.45) is 0.948. The van der Waals surface area contributed by atoms with E-state index in [1.165, 1.54) is 6.07 Å². The molecule has 1 fully saturated rings. The number of phenolic OH excluding ortho intramolecular Hbond substituents is 1. The summed E-state index contributed by atoms with van der Waals surface area (Å²) in [6.45, 7) is 0.958. The van der Waals surface area contributed by atoms with E-state index in [1.807, 2.05) is 4.90 Å². The molecule has 2 aromatic rings. The normalized spacial score (nSPS) is 17.7. The lowest BCUT2D eigenvalue weighted by atomic mass is 10.0. The van der Waals surface area contributed by atoms with Crippen molar-refractivity contribution in [3.8, 4) is 17.0 Å². The van der Waals surface area contributed by atoms with E-state index in [1.54, 1.807) is 18.2 Å². The highest BCUT2D eigenvalue weighted by molar-refractivity contribution is 6.36. The number of anilines is 1. The SMILES string of the molecule is OC[C@@H]1CCN1c1ccc(-c2c(O)cc(Cl)cc2Cl)nn1. The van der Waals surface area contributed by atoms with E-state index in [9.17, 15) is 10.2 Å². The molecular weight excluding hydrogens is 313 g/mol. The molecule has 0 unspecified atom stereocenters. The molecule has 1 aliphatic rings. The highest BCUT2D eigenvalue weighted by Gasteiger charge is 2.28. The summed E-state index contributed by atoms with van der Waals surface area (Å²) in [5, 5.41) is 28.1. The second-order valence-electron chi connectivity index (χ2n) is 4.88. The minimum atomic E-state index is -0.0354. The van der Waals surface area contributed by atoms with E-state index in [4.69, 9.17) is 23.2 Å². The zero-order valence-corrected chi connectivity index (χ0v) is 12.5. The first-order valence-corrected chi connectivity index (χ1v) is 7.25. The van der Waals surface area contributed by atoms with Crippen LogP contribution < -0.4 is 4.90 Å². The number of nitrogens with zero attached hydrogens (tertiary/aromatic N) is 3. The first-order valence-electron chi connectivity index (χ1n) is 6.49. The molecule has 1 saturated heterocycles. The van der Waals surface area contributed by atoms with Crippen molar-refractivity contribution in [2.75, 3.05) is 18.1 Å². The van der Waals surface area contributed by atoms with Crippen LogP contribution in [0.15, 0.2) is 24.3 Å². The first kappa shape index (κ1) is 14.4. The van der Waals surface area contributed by atoms with Gasteiger partial charge in [0.25, 0.3) is 0 Å². The van der Waals surface area contributed by atoms with Crippen LogP contribution in [0.5, 0.6) is 5.75 Å². The van der Waals surface area contributed by atoms with Gasteiger partial charge < -0.3 is 15.1 Å². The molecule has 1 aromatic carbocycles. The van der Waals surface area contributed by atoms with Gasteiger partial charge >= 0.3 is 0 Å². The number of phenols is 1. The zero-order valence-electron chi connectivity index (χ0n) is 11.0. The lowest BCUT2D eigenvalue weighted by Crippen LogP contribution is -2.50. The van der Waals surface area contributed by atoms with Gasteiger partial charge in [-0.3, -0.25) is 0 Å². The summed E-state index contributed by atoms with van der Waals surface area (Å²) in [5.41, 5.74) is 0.876. The van der Waals surface area contributed by atoms with Crippen molar-refractivity contribution in [3.05, 3.63) is 34.3 Å². The van der Waals surface area contributed by atoms with E-state index in [2.05, 4.69) is 10.2 Å². The molecule has 0 spiro atoms. The second-order valence-corrected chi connectivity index (χ2v) is 5.72. The third kappa shape index (κ3) is 2.64. The molecule has 7 heteroatoms. The summed E-state index contributed by atoms with van der Waals surface area (Å²) in [4.78, 5) is 1.99. The Morgan fingerprint density at radius 3 is 2.57 bits per heavy atom. The lowest BCUT2D eigenvalue weighted by Gasteiger charge is -2.40. The summed E-state index contributed by atoms with van der Waals surface area (Å²) in [5.74, 6) is 0.667. The van der Waals surface area contributed by atoms with Crippen LogP contribution in [0.4, 0.5) is 5.82 Å². The lowest BCUT2D eigenvalue weighted by molar-refractivity contribution is 0.225. The fourth-order valence-electron chi connectivity index (χ4n) is 2.36. The van der Waals surface area contributed by atoms with Crippen LogP contribution in [0, 0.1) is 0 Å². The van der Waals surface area contributed by atoms with E-state index in [-0.39, 0.29) is 18.4 Å². The number of aromatic hydroxyl groups is 1. The number of benzene rings is 1. The molecule has 1 aromatic heterocycles. The van der Waals surface area contributed by atoms with E-state index < -0.39 is 0 Å². The fourth-order valence-corrected chi connectivity index (χ4v) is 2.94. The maximum absolute atomic E-state index is 9.96. The number of aliphatic hydroxyl groups is 1. The minimum Gasteiger partial charge on any atom is -0.507 e. The van der Waals surface area contributed by atoms with Gasteiger partial charge in [0, 0.05) is 11.6 Å². The van der Waals surface area contributed by atoms with E-state index in [0.29, 0.717) is 27.1 Å². The van der Waals surface area contributed by atoms with Gasteiger partial charge in [-0.25, -0.2) is 0 Å². The Balaban J connectivity index is 1.91. The molecule has 1 aliphatic heterocycles. The Bertz CT molecular complexity index is 639. The molecule has 5 nitrogen and oxygen atoms in total. The largest absolute Gasteiger partial charge is 0.507 e. The van der Waals surface area contributed by atoms with Gasteiger partial charge in [-0.05, 0) is 30.7 Å². The van der Waals surface area contributed by atoms with Gasteiger partial charge in [0.05, 0.1) is 28.9 Å². The Morgan fingerprint density at radius 2 is 2.05 bits per heavy atom. The predicted molar refractivity (Wildman–Crippen MR) is 82.0 cm³/mol. The quantitative estimate of drug-likeness (QED) is 0.908. The van der Waals surface area contributed by atoms with Crippen LogP contribution in [0.25, 0.3) is 11.3 Å². The number of aliphatic hydroxyl groups excluding tert-OH is 1. The standard InChI is InChI=1S/C14H13Cl2N3O2/c15-8-5-10(16)14(12(21)6-8)11-1-2-13(18-17-11)19-4-3-9(19)7-20/h1-2,5-6,9,20-21H,3-4,7H2/t9-/m0/s1. The van der Waals surface area contributed by atoms with Crippen LogP contribution in [0.1, 0.15) is 6.42 Å². The van der Waals surface area contributed by atoms with Gasteiger partial charge in [-0.1, -0.05) is 23.2 Å². The van der Waals surface area contributed by atoms with Crippen LogP contribution in [0.2, 0.25) is 10.0 Å². The Morgan fingerprint density at radius 1 is 1.24 bits per heavy atom. The van der Waals surface area contributed by atoms with Crippen molar-refractivity contribution in [2.24, 2.45) is 0 Å². The van der Waals surface area contributed by atoms with Crippen molar-refractivity contribution in [1.29, 1.82) is 0 Å². The van der Waals surface area contributed by atoms with E-state index >= 15 is 0 Å². The highest BCUT2D eigenvalue weighted by atomic mass is 35.5.